The van der Waals surface area contributed by atoms with Gasteiger partial charge in [0.15, 0.2) is 5.13 Å². The highest BCUT2D eigenvalue weighted by Gasteiger charge is 2.08. The van der Waals surface area contributed by atoms with E-state index in [0.717, 1.165) is 11.3 Å². The van der Waals surface area contributed by atoms with Gasteiger partial charge in [-0.15, -0.1) is 11.3 Å². The van der Waals surface area contributed by atoms with Gasteiger partial charge >= 0.3 is 6.09 Å². The molecule has 3 N–H and O–H groups in total. The Morgan fingerprint density at radius 2 is 2.39 bits per heavy atom. The van der Waals surface area contributed by atoms with Crippen LogP contribution in [0, 0.1) is 0 Å². The summed E-state index contributed by atoms with van der Waals surface area (Å²) < 4.78 is 4.78. The monoisotopic (exact) mass is 263 g/mol. The molecule has 1 amide bonds. The van der Waals surface area contributed by atoms with E-state index in [1.54, 1.807) is 6.92 Å². The van der Waals surface area contributed by atoms with Crippen LogP contribution in [-0.4, -0.2) is 17.7 Å². The van der Waals surface area contributed by atoms with Crippen LogP contribution in [0.15, 0.2) is 29.6 Å². The van der Waals surface area contributed by atoms with Crippen molar-refractivity contribution in [2.24, 2.45) is 0 Å². The number of thiazole rings is 1. The number of benzene rings is 1. The topological polar surface area (TPSA) is 77.2 Å². The molecule has 1 heterocycles. The first-order valence-electron chi connectivity index (χ1n) is 5.44. The smallest absolute Gasteiger partial charge is 0.413 e. The quantitative estimate of drug-likeness (QED) is 0.834. The van der Waals surface area contributed by atoms with E-state index >= 15 is 0 Å². The molecule has 2 aromatic rings. The van der Waals surface area contributed by atoms with Crippen LogP contribution in [0.2, 0.25) is 0 Å². The summed E-state index contributed by atoms with van der Waals surface area (Å²) >= 11 is 1.34. The summed E-state index contributed by atoms with van der Waals surface area (Å²) in [4.78, 5) is 15.5. The summed E-state index contributed by atoms with van der Waals surface area (Å²) in [5.74, 6) is 0. The minimum Gasteiger partial charge on any atom is -0.450 e. The molecule has 1 aromatic heterocycles. The Morgan fingerprint density at radius 3 is 3.11 bits per heavy atom. The minimum absolute atomic E-state index is 0.333. The molecule has 0 spiro atoms. The number of carbonyl (C=O) groups excluding carboxylic acids is 1. The summed E-state index contributed by atoms with van der Waals surface area (Å²) in [5.41, 5.74) is 8.09. The first-order chi connectivity index (χ1) is 8.69. The van der Waals surface area contributed by atoms with Crippen LogP contribution in [0.5, 0.6) is 0 Å². The minimum atomic E-state index is -0.494. The molecule has 0 aliphatic carbocycles. The fraction of sp³-hybridized carbons (Fsp3) is 0.167. The van der Waals surface area contributed by atoms with Gasteiger partial charge in [-0.2, -0.15) is 0 Å². The van der Waals surface area contributed by atoms with Crippen LogP contribution in [0.1, 0.15) is 6.92 Å². The van der Waals surface area contributed by atoms with Gasteiger partial charge in [-0.25, -0.2) is 9.78 Å². The summed E-state index contributed by atoms with van der Waals surface area (Å²) in [7, 11) is 0. The van der Waals surface area contributed by atoms with Gasteiger partial charge in [0.2, 0.25) is 0 Å². The van der Waals surface area contributed by atoms with E-state index in [1.807, 2.05) is 29.6 Å². The third kappa shape index (κ3) is 2.98. The molecular formula is C12H13N3O2S. The third-order valence-electron chi connectivity index (χ3n) is 2.17. The van der Waals surface area contributed by atoms with Gasteiger partial charge in [-0.05, 0) is 19.1 Å². The van der Waals surface area contributed by atoms with Crippen molar-refractivity contribution in [1.29, 1.82) is 0 Å². The van der Waals surface area contributed by atoms with Gasteiger partial charge in [-0.3, -0.25) is 5.32 Å². The van der Waals surface area contributed by atoms with Crippen molar-refractivity contribution in [1.82, 2.24) is 4.98 Å². The maximum atomic E-state index is 11.2. The SMILES string of the molecule is CCOC(=O)Nc1nc(-c2cccc(N)c2)cs1. The zero-order chi connectivity index (χ0) is 13.0. The van der Waals surface area contributed by atoms with Crippen LogP contribution in [0.3, 0.4) is 0 Å². The van der Waals surface area contributed by atoms with Gasteiger partial charge in [0.1, 0.15) is 0 Å². The van der Waals surface area contributed by atoms with Gasteiger partial charge < -0.3 is 10.5 Å². The molecule has 1 aromatic carbocycles. The molecule has 0 radical (unpaired) electrons. The van der Waals surface area contributed by atoms with Crippen molar-refractivity contribution in [3.05, 3.63) is 29.6 Å². The number of hydrogen-bond acceptors (Lipinski definition) is 5. The number of aromatic nitrogens is 1. The maximum Gasteiger partial charge on any atom is 0.413 e. The lowest BCUT2D eigenvalue weighted by Gasteiger charge is -2.01. The Kier molecular flexibility index (Phi) is 3.78. The molecular weight excluding hydrogens is 250 g/mol. The average molecular weight is 263 g/mol. The van der Waals surface area contributed by atoms with E-state index in [4.69, 9.17) is 10.5 Å². The largest absolute Gasteiger partial charge is 0.450 e. The van der Waals surface area contributed by atoms with E-state index < -0.39 is 6.09 Å². The van der Waals surface area contributed by atoms with Crippen molar-refractivity contribution in [3.63, 3.8) is 0 Å². The number of nitrogens with zero attached hydrogens (tertiary/aromatic N) is 1. The van der Waals surface area contributed by atoms with Crippen molar-refractivity contribution >= 4 is 28.2 Å². The number of amides is 1. The summed E-state index contributed by atoms with van der Waals surface area (Å²) in [5, 5.41) is 4.93. The average Bonchev–Trinajstić information content (AvgIpc) is 2.78. The molecule has 0 bridgehead atoms. The highest BCUT2D eigenvalue weighted by Crippen LogP contribution is 2.26. The van der Waals surface area contributed by atoms with E-state index in [9.17, 15) is 4.79 Å². The number of ether oxygens (including phenoxy) is 1. The molecule has 94 valence electrons. The van der Waals surface area contributed by atoms with E-state index in [2.05, 4.69) is 10.3 Å². The van der Waals surface area contributed by atoms with E-state index in [1.165, 1.54) is 11.3 Å². The van der Waals surface area contributed by atoms with Crippen molar-refractivity contribution in [2.75, 3.05) is 17.7 Å². The van der Waals surface area contributed by atoms with Crippen molar-refractivity contribution < 1.29 is 9.53 Å². The van der Waals surface area contributed by atoms with Crippen molar-refractivity contribution in [3.8, 4) is 11.3 Å². The first kappa shape index (κ1) is 12.4. The number of anilines is 2. The van der Waals surface area contributed by atoms with Gasteiger partial charge in [-0.1, -0.05) is 12.1 Å². The Labute approximate surface area is 109 Å². The second-order valence-corrected chi connectivity index (χ2v) is 4.37. The number of nitrogens with two attached hydrogens (primary N) is 1. The number of hydrogen-bond donors (Lipinski definition) is 2. The molecule has 0 saturated heterocycles. The lowest BCUT2D eigenvalue weighted by molar-refractivity contribution is 0.168. The van der Waals surface area contributed by atoms with Crippen LogP contribution < -0.4 is 11.1 Å². The molecule has 0 aliphatic heterocycles. The Hall–Kier alpha value is -2.08. The zero-order valence-corrected chi connectivity index (χ0v) is 10.7. The number of carbonyl (C=O) groups is 1. The van der Waals surface area contributed by atoms with E-state index in [0.29, 0.717) is 17.4 Å². The molecule has 0 atom stereocenters. The van der Waals surface area contributed by atoms with Gasteiger partial charge in [0.25, 0.3) is 0 Å². The second kappa shape index (κ2) is 5.50. The lowest BCUT2D eigenvalue weighted by Crippen LogP contribution is -2.12. The molecule has 0 saturated carbocycles. The predicted octanol–water partition coefficient (Wildman–Crippen LogP) is 2.96. The van der Waals surface area contributed by atoms with Crippen LogP contribution in [0.4, 0.5) is 15.6 Å². The molecule has 0 aliphatic rings. The Bertz CT molecular complexity index is 554. The zero-order valence-electron chi connectivity index (χ0n) is 9.84. The molecule has 5 nitrogen and oxygen atoms in total. The summed E-state index contributed by atoms with van der Waals surface area (Å²) in [6.45, 7) is 2.08. The summed E-state index contributed by atoms with van der Waals surface area (Å²) in [6.07, 6.45) is -0.494. The summed E-state index contributed by atoms with van der Waals surface area (Å²) in [6, 6.07) is 7.43. The van der Waals surface area contributed by atoms with Gasteiger partial charge in [0, 0.05) is 16.6 Å². The molecule has 2 rings (SSSR count). The highest BCUT2D eigenvalue weighted by atomic mass is 32.1. The fourth-order valence-corrected chi connectivity index (χ4v) is 2.12. The van der Waals surface area contributed by atoms with E-state index in [-0.39, 0.29) is 0 Å². The number of nitrogen functional groups attached to an aromatic ring is 1. The number of rotatable bonds is 3. The normalized spacial score (nSPS) is 10.1. The Morgan fingerprint density at radius 1 is 1.56 bits per heavy atom. The molecule has 18 heavy (non-hydrogen) atoms. The molecule has 0 unspecified atom stereocenters. The second-order valence-electron chi connectivity index (χ2n) is 3.51. The Balaban J connectivity index is 2.13. The van der Waals surface area contributed by atoms with Crippen LogP contribution >= 0.6 is 11.3 Å². The van der Waals surface area contributed by atoms with Crippen molar-refractivity contribution in [2.45, 2.75) is 6.92 Å². The molecule has 0 fully saturated rings. The highest BCUT2D eigenvalue weighted by molar-refractivity contribution is 7.14. The lowest BCUT2D eigenvalue weighted by atomic mass is 10.1. The van der Waals surface area contributed by atoms with Crippen LogP contribution in [0.25, 0.3) is 11.3 Å². The van der Waals surface area contributed by atoms with Crippen LogP contribution in [-0.2, 0) is 4.74 Å². The number of nitrogens with one attached hydrogen (secondary N) is 1. The first-order valence-corrected chi connectivity index (χ1v) is 6.32. The molecule has 6 heteroatoms. The predicted molar refractivity (Wildman–Crippen MR) is 72.6 cm³/mol. The maximum absolute atomic E-state index is 11.2. The fourth-order valence-electron chi connectivity index (χ4n) is 1.42. The van der Waals surface area contributed by atoms with Gasteiger partial charge in [0.05, 0.1) is 12.3 Å². The standard InChI is InChI=1S/C12H13N3O2S/c1-2-17-12(16)15-11-14-10(7-18-11)8-4-3-5-9(13)6-8/h3-7H,2,13H2,1H3,(H,14,15,16). The third-order valence-corrected chi connectivity index (χ3v) is 2.93.